The minimum atomic E-state index is -2.61. The lowest BCUT2D eigenvalue weighted by Gasteiger charge is -2.15. The number of nitrogens with two attached hydrogens (primary N) is 1. The lowest BCUT2D eigenvalue weighted by Crippen LogP contribution is -2.19. The van der Waals surface area contributed by atoms with Crippen molar-refractivity contribution in [3.63, 3.8) is 0 Å². The summed E-state index contributed by atoms with van der Waals surface area (Å²) in [6, 6.07) is 4.33. The fourth-order valence-electron chi connectivity index (χ4n) is 1.20. The highest BCUT2D eigenvalue weighted by Gasteiger charge is 2.24. The van der Waals surface area contributed by atoms with Gasteiger partial charge in [0.05, 0.1) is 10.9 Å². The highest BCUT2D eigenvalue weighted by atomic mass is 35.5. The molecule has 1 unspecified atom stereocenters. The van der Waals surface area contributed by atoms with Crippen LogP contribution < -0.4 is 5.73 Å². The van der Waals surface area contributed by atoms with E-state index in [0.29, 0.717) is 0 Å². The van der Waals surface area contributed by atoms with Crippen LogP contribution in [0.3, 0.4) is 0 Å². The van der Waals surface area contributed by atoms with Crippen molar-refractivity contribution in [3.05, 3.63) is 28.8 Å². The number of phenols is 1. The van der Waals surface area contributed by atoms with E-state index in [4.69, 9.17) is 17.3 Å². The third-order valence-electron chi connectivity index (χ3n) is 1.98. The maximum absolute atomic E-state index is 12.5. The third-order valence-corrected chi connectivity index (χ3v) is 2.28. The van der Waals surface area contributed by atoms with Gasteiger partial charge in [0.1, 0.15) is 5.75 Å². The summed E-state index contributed by atoms with van der Waals surface area (Å²) in [6.45, 7) is -0.231. The summed E-state index contributed by atoms with van der Waals surface area (Å²) >= 11 is 5.58. The SMILES string of the molecule is NCC(c1cccc(Cl)c1O)C(F)F. The van der Waals surface area contributed by atoms with Crippen molar-refractivity contribution in [2.24, 2.45) is 5.73 Å². The molecule has 0 aliphatic carbocycles. The standard InChI is InChI=1S/C9H10ClF2NO/c10-7-3-1-2-5(8(7)14)6(4-13)9(11)12/h1-3,6,9,14H,4,13H2. The van der Waals surface area contributed by atoms with Crippen molar-refractivity contribution in [2.45, 2.75) is 12.3 Å². The van der Waals surface area contributed by atoms with Gasteiger partial charge >= 0.3 is 0 Å². The highest BCUT2D eigenvalue weighted by molar-refractivity contribution is 6.32. The summed E-state index contributed by atoms with van der Waals surface area (Å²) in [5, 5.41) is 9.48. The number of benzene rings is 1. The average Bonchev–Trinajstić information content (AvgIpc) is 2.13. The van der Waals surface area contributed by atoms with Gasteiger partial charge in [0.25, 0.3) is 0 Å². The molecule has 1 atom stereocenters. The molecular weight excluding hydrogens is 212 g/mol. The molecule has 5 heteroatoms. The van der Waals surface area contributed by atoms with Crippen LogP contribution in [0.1, 0.15) is 11.5 Å². The van der Waals surface area contributed by atoms with Crippen LogP contribution in [0, 0.1) is 0 Å². The molecule has 14 heavy (non-hydrogen) atoms. The largest absolute Gasteiger partial charge is 0.506 e. The molecule has 0 saturated heterocycles. The molecule has 1 rings (SSSR count). The molecule has 0 fully saturated rings. The average molecular weight is 222 g/mol. The zero-order chi connectivity index (χ0) is 10.7. The first-order valence-electron chi connectivity index (χ1n) is 4.03. The molecule has 2 nitrogen and oxygen atoms in total. The van der Waals surface area contributed by atoms with Gasteiger partial charge in [-0.15, -0.1) is 0 Å². The number of hydrogen-bond donors (Lipinski definition) is 2. The summed E-state index contributed by atoms with van der Waals surface area (Å²) < 4.78 is 24.9. The molecule has 1 aromatic carbocycles. The van der Waals surface area contributed by atoms with Gasteiger partial charge in [0.15, 0.2) is 0 Å². The fraction of sp³-hybridized carbons (Fsp3) is 0.333. The van der Waals surface area contributed by atoms with E-state index in [0.717, 1.165) is 0 Å². The second kappa shape index (κ2) is 4.57. The van der Waals surface area contributed by atoms with E-state index >= 15 is 0 Å². The summed E-state index contributed by atoms with van der Waals surface area (Å²) in [4.78, 5) is 0. The maximum Gasteiger partial charge on any atom is 0.246 e. The summed E-state index contributed by atoms with van der Waals surface area (Å²) in [7, 11) is 0. The first-order chi connectivity index (χ1) is 6.57. The third kappa shape index (κ3) is 2.13. The molecule has 3 N–H and O–H groups in total. The Morgan fingerprint density at radius 3 is 2.57 bits per heavy atom. The Kier molecular flexibility index (Phi) is 3.66. The maximum atomic E-state index is 12.5. The van der Waals surface area contributed by atoms with Crippen LogP contribution in [0.5, 0.6) is 5.75 Å². The van der Waals surface area contributed by atoms with Crippen molar-refractivity contribution >= 4 is 11.6 Å². The van der Waals surface area contributed by atoms with Gasteiger partial charge in [0, 0.05) is 12.1 Å². The fourth-order valence-corrected chi connectivity index (χ4v) is 1.38. The smallest absolute Gasteiger partial charge is 0.246 e. The molecule has 0 spiro atoms. The van der Waals surface area contributed by atoms with Crippen LogP contribution in [0.25, 0.3) is 0 Å². The quantitative estimate of drug-likeness (QED) is 0.823. The van der Waals surface area contributed by atoms with E-state index in [1.807, 2.05) is 0 Å². The zero-order valence-electron chi connectivity index (χ0n) is 7.25. The monoisotopic (exact) mass is 221 g/mol. The molecule has 0 aliphatic rings. The minimum absolute atomic E-state index is 0.0570. The summed E-state index contributed by atoms with van der Waals surface area (Å²) in [6.07, 6.45) is -2.61. The van der Waals surface area contributed by atoms with Crippen LogP contribution in [0.4, 0.5) is 8.78 Å². The van der Waals surface area contributed by atoms with Gasteiger partial charge in [-0.05, 0) is 6.07 Å². The van der Waals surface area contributed by atoms with Gasteiger partial charge < -0.3 is 10.8 Å². The Morgan fingerprint density at radius 2 is 2.07 bits per heavy atom. The lowest BCUT2D eigenvalue weighted by molar-refractivity contribution is 0.116. The number of aromatic hydroxyl groups is 1. The first-order valence-corrected chi connectivity index (χ1v) is 4.41. The molecule has 0 heterocycles. The zero-order valence-corrected chi connectivity index (χ0v) is 8.01. The van der Waals surface area contributed by atoms with Gasteiger partial charge in [-0.3, -0.25) is 0 Å². The van der Waals surface area contributed by atoms with Crippen molar-refractivity contribution in [1.82, 2.24) is 0 Å². The second-order valence-electron chi connectivity index (χ2n) is 2.85. The summed E-state index contributed by atoms with van der Waals surface area (Å²) in [5.74, 6) is -1.49. The van der Waals surface area contributed by atoms with Crippen molar-refractivity contribution in [3.8, 4) is 5.75 Å². The topological polar surface area (TPSA) is 46.2 Å². The van der Waals surface area contributed by atoms with E-state index < -0.39 is 12.3 Å². The molecule has 1 aromatic rings. The van der Waals surface area contributed by atoms with E-state index in [1.165, 1.54) is 18.2 Å². The predicted octanol–water partition coefficient (Wildman–Crippen LogP) is 2.35. The highest BCUT2D eigenvalue weighted by Crippen LogP contribution is 2.34. The Balaban J connectivity index is 3.10. The lowest BCUT2D eigenvalue weighted by atomic mass is 9.99. The van der Waals surface area contributed by atoms with Crippen LogP contribution in [-0.2, 0) is 0 Å². The molecule has 0 aromatic heterocycles. The Morgan fingerprint density at radius 1 is 1.43 bits per heavy atom. The Bertz CT molecular complexity index is 320. The molecule has 0 amide bonds. The first kappa shape index (κ1) is 11.2. The van der Waals surface area contributed by atoms with E-state index in [-0.39, 0.29) is 22.9 Å². The number of hydrogen-bond acceptors (Lipinski definition) is 2. The number of alkyl halides is 2. The molecule has 0 saturated carbocycles. The van der Waals surface area contributed by atoms with E-state index in [9.17, 15) is 13.9 Å². The van der Waals surface area contributed by atoms with Gasteiger partial charge in [-0.25, -0.2) is 8.78 Å². The van der Waals surface area contributed by atoms with E-state index in [1.54, 1.807) is 0 Å². The van der Waals surface area contributed by atoms with Crippen LogP contribution in [0.2, 0.25) is 5.02 Å². The van der Waals surface area contributed by atoms with Gasteiger partial charge in [0.2, 0.25) is 6.43 Å². The van der Waals surface area contributed by atoms with Gasteiger partial charge in [-0.2, -0.15) is 0 Å². The number of para-hydroxylation sites is 1. The molecular formula is C9H10ClF2NO. The normalized spacial score (nSPS) is 13.2. The Hall–Kier alpha value is -0.870. The van der Waals surface area contributed by atoms with Crippen LogP contribution in [0.15, 0.2) is 18.2 Å². The van der Waals surface area contributed by atoms with Crippen molar-refractivity contribution < 1.29 is 13.9 Å². The number of halogens is 3. The number of rotatable bonds is 3. The van der Waals surface area contributed by atoms with Gasteiger partial charge in [-0.1, -0.05) is 23.7 Å². The predicted molar refractivity (Wildman–Crippen MR) is 50.9 cm³/mol. The number of phenolic OH excluding ortho intramolecular Hbond substituents is 1. The molecule has 78 valence electrons. The molecule has 0 aliphatic heterocycles. The second-order valence-corrected chi connectivity index (χ2v) is 3.26. The van der Waals surface area contributed by atoms with E-state index in [2.05, 4.69) is 0 Å². The molecule has 0 radical (unpaired) electrons. The van der Waals surface area contributed by atoms with Crippen molar-refractivity contribution in [1.29, 1.82) is 0 Å². The van der Waals surface area contributed by atoms with Crippen LogP contribution >= 0.6 is 11.6 Å². The summed E-state index contributed by atoms with van der Waals surface area (Å²) in [5.41, 5.74) is 5.28. The van der Waals surface area contributed by atoms with Crippen LogP contribution in [-0.4, -0.2) is 18.1 Å². The Labute approximate surface area is 85.3 Å². The van der Waals surface area contributed by atoms with Crippen molar-refractivity contribution in [2.75, 3.05) is 6.54 Å². The molecule has 0 bridgehead atoms. The minimum Gasteiger partial charge on any atom is -0.506 e.